The van der Waals surface area contributed by atoms with Gasteiger partial charge in [-0.3, -0.25) is 4.79 Å². The molecule has 0 aromatic heterocycles. The molecule has 1 unspecified atom stereocenters. The molecule has 0 bridgehead atoms. The first-order valence-electron chi connectivity index (χ1n) is 9.48. The van der Waals surface area contributed by atoms with Crippen molar-refractivity contribution < 1.29 is 17.9 Å². The third-order valence-corrected chi connectivity index (χ3v) is 6.87. The smallest absolute Gasteiger partial charge is 0.252 e. The Labute approximate surface area is 166 Å². The molecule has 1 heterocycles. The van der Waals surface area contributed by atoms with Gasteiger partial charge in [-0.15, -0.1) is 0 Å². The number of hydrogen-bond acceptors (Lipinski definition) is 4. The summed E-state index contributed by atoms with van der Waals surface area (Å²) in [5.41, 5.74) is 2.14. The molecule has 0 aliphatic carbocycles. The van der Waals surface area contributed by atoms with E-state index in [0.29, 0.717) is 31.9 Å². The zero-order valence-corrected chi connectivity index (χ0v) is 17.0. The molecule has 0 saturated carbocycles. The van der Waals surface area contributed by atoms with Crippen LogP contribution in [-0.4, -0.2) is 44.9 Å². The Bertz CT molecular complexity index is 923. The summed E-state index contributed by atoms with van der Waals surface area (Å²) in [7, 11) is -3.65. The van der Waals surface area contributed by atoms with Crippen molar-refractivity contribution in [3.63, 3.8) is 0 Å². The van der Waals surface area contributed by atoms with E-state index in [9.17, 15) is 13.2 Å². The molecule has 1 fully saturated rings. The van der Waals surface area contributed by atoms with Gasteiger partial charge in [0.1, 0.15) is 0 Å². The van der Waals surface area contributed by atoms with Crippen molar-refractivity contribution in [1.82, 2.24) is 9.62 Å². The second-order valence-electron chi connectivity index (χ2n) is 6.84. The quantitative estimate of drug-likeness (QED) is 0.806. The monoisotopic (exact) mass is 402 g/mol. The van der Waals surface area contributed by atoms with E-state index in [1.54, 1.807) is 12.1 Å². The fourth-order valence-corrected chi connectivity index (χ4v) is 4.72. The van der Waals surface area contributed by atoms with Crippen LogP contribution in [0.5, 0.6) is 0 Å². The van der Waals surface area contributed by atoms with Crippen LogP contribution in [0.2, 0.25) is 0 Å². The average Bonchev–Trinajstić information content (AvgIpc) is 2.73. The van der Waals surface area contributed by atoms with Gasteiger partial charge in [-0.05, 0) is 36.6 Å². The molecule has 1 N–H and O–H groups in total. The third kappa shape index (κ3) is 4.43. The topological polar surface area (TPSA) is 75.7 Å². The molecule has 1 saturated heterocycles. The van der Waals surface area contributed by atoms with Crippen LogP contribution >= 0.6 is 0 Å². The number of nitrogens with zero attached hydrogens (tertiary/aromatic N) is 1. The molecule has 0 spiro atoms. The van der Waals surface area contributed by atoms with Crippen LogP contribution in [-0.2, 0) is 14.8 Å². The van der Waals surface area contributed by atoms with Crippen LogP contribution in [0.15, 0.2) is 53.4 Å². The maximum atomic E-state index is 12.9. The second kappa shape index (κ2) is 8.86. The van der Waals surface area contributed by atoms with Crippen LogP contribution in [0, 0.1) is 6.92 Å². The number of morpholine rings is 1. The van der Waals surface area contributed by atoms with Gasteiger partial charge in [0.2, 0.25) is 10.0 Å². The summed E-state index contributed by atoms with van der Waals surface area (Å²) in [4.78, 5) is 13.1. The Morgan fingerprint density at radius 3 is 2.46 bits per heavy atom. The molecule has 28 heavy (non-hydrogen) atoms. The summed E-state index contributed by atoms with van der Waals surface area (Å²) in [6, 6.07) is 14.3. The molecule has 2 aromatic rings. The summed E-state index contributed by atoms with van der Waals surface area (Å²) < 4.78 is 32.5. The molecule has 150 valence electrons. The first kappa shape index (κ1) is 20.5. The minimum atomic E-state index is -3.65. The highest BCUT2D eigenvalue weighted by Crippen LogP contribution is 2.22. The van der Waals surface area contributed by atoms with Crippen LogP contribution in [0.4, 0.5) is 0 Å². The van der Waals surface area contributed by atoms with Crippen molar-refractivity contribution in [2.75, 3.05) is 26.3 Å². The average molecular weight is 403 g/mol. The molecular formula is C21H26N2O4S. The Kier molecular flexibility index (Phi) is 6.49. The van der Waals surface area contributed by atoms with E-state index in [0.717, 1.165) is 17.5 Å². The summed E-state index contributed by atoms with van der Waals surface area (Å²) in [6.45, 7) is 5.22. The first-order chi connectivity index (χ1) is 13.4. The molecule has 3 rings (SSSR count). The van der Waals surface area contributed by atoms with Gasteiger partial charge in [0, 0.05) is 18.7 Å². The van der Waals surface area contributed by atoms with Crippen molar-refractivity contribution in [2.24, 2.45) is 0 Å². The molecule has 6 nitrogen and oxygen atoms in total. The number of nitrogens with one attached hydrogen (secondary N) is 1. The number of aryl methyl sites for hydroxylation is 1. The Morgan fingerprint density at radius 2 is 1.82 bits per heavy atom. The van der Waals surface area contributed by atoms with Gasteiger partial charge >= 0.3 is 0 Å². The molecule has 7 heteroatoms. The third-order valence-electron chi connectivity index (χ3n) is 4.98. The summed E-state index contributed by atoms with van der Waals surface area (Å²) >= 11 is 0. The lowest BCUT2D eigenvalue weighted by molar-refractivity contribution is 0.0730. The van der Waals surface area contributed by atoms with Crippen molar-refractivity contribution in [3.05, 3.63) is 65.2 Å². The van der Waals surface area contributed by atoms with E-state index >= 15 is 0 Å². The highest BCUT2D eigenvalue weighted by Gasteiger charge is 2.27. The highest BCUT2D eigenvalue weighted by atomic mass is 32.2. The lowest BCUT2D eigenvalue weighted by Crippen LogP contribution is -2.40. The maximum absolute atomic E-state index is 12.9. The van der Waals surface area contributed by atoms with Crippen LogP contribution in [0.1, 0.15) is 40.9 Å². The molecule has 1 aliphatic rings. The van der Waals surface area contributed by atoms with Gasteiger partial charge in [-0.25, -0.2) is 8.42 Å². The van der Waals surface area contributed by atoms with Crippen LogP contribution < -0.4 is 5.32 Å². The second-order valence-corrected chi connectivity index (χ2v) is 8.78. The van der Waals surface area contributed by atoms with Crippen molar-refractivity contribution in [3.8, 4) is 0 Å². The number of sulfonamides is 1. The van der Waals surface area contributed by atoms with E-state index in [1.165, 1.54) is 10.4 Å². The maximum Gasteiger partial charge on any atom is 0.252 e. The lowest BCUT2D eigenvalue weighted by Gasteiger charge is -2.26. The van der Waals surface area contributed by atoms with Gasteiger partial charge in [0.25, 0.3) is 5.91 Å². The van der Waals surface area contributed by atoms with Crippen molar-refractivity contribution >= 4 is 15.9 Å². The minimum Gasteiger partial charge on any atom is -0.379 e. The van der Waals surface area contributed by atoms with E-state index in [-0.39, 0.29) is 16.8 Å². The largest absolute Gasteiger partial charge is 0.379 e. The number of amides is 1. The van der Waals surface area contributed by atoms with Crippen LogP contribution in [0.3, 0.4) is 0 Å². The first-order valence-corrected chi connectivity index (χ1v) is 10.9. The van der Waals surface area contributed by atoms with Crippen LogP contribution in [0.25, 0.3) is 0 Å². The predicted octanol–water partition coefficient (Wildman–Crippen LogP) is 2.90. The SMILES string of the molecule is CCC(NC(=O)c1cc(S(=O)(=O)N2CCOCC2)ccc1C)c1ccccc1. The van der Waals surface area contributed by atoms with Gasteiger partial charge in [-0.2, -0.15) is 4.31 Å². The molecule has 1 atom stereocenters. The zero-order chi connectivity index (χ0) is 20.1. The number of ether oxygens (including phenoxy) is 1. The Hall–Kier alpha value is -2.22. The summed E-state index contributed by atoms with van der Waals surface area (Å²) in [5, 5.41) is 3.03. The number of rotatable bonds is 6. The molecular weight excluding hydrogens is 376 g/mol. The number of benzene rings is 2. The van der Waals surface area contributed by atoms with Gasteiger partial charge in [0.05, 0.1) is 24.2 Å². The van der Waals surface area contributed by atoms with E-state index in [1.807, 2.05) is 44.2 Å². The van der Waals surface area contributed by atoms with Gasteiger partial charge < -0.3 is 10.1 Å². The zero-order valence-electron chi connectivity index (χ0n) is 16.2. The summed E-state index contributed by atoms with van der Waals surface area (Å²) in [6.07, 6.45) is 0.737. The van der Waals surface area contributed by atoms with Crippen molar-refractivity contribution in [1.29, 1.82) is 0 Å². The molecule has 1 aliphatic heterocycles. The number of carbonyl (C=O) groups excluding carboxylic acids is 1. The predicted molar refractivity (Wildman–Crippen MR) is 108 cm³/mol. The molecule has 2 aromatic carbocycles. The van der Waals surface area contributed by atoms with Crippen molar-refractivity contribution in [2.45, 2.75) is 31.2 Å². The number of hydrogen-bond donors (Lipinski definition) is 1. The Morgan fingerprint density at radius 1 is 1.14 bits per heavy atom. The van der Waals surface area contributed by atoms with E-state index in [4.69, 9.17) is 4.74 Å². The lowest BCUT2D eigenvalue weighted by atomic mass is 10.0. The highest BCUT2D eigenvalue weighted by molar-refractivity contribution is 7.89. The van der Waals surface area contributed by atoms with E-state index in [2.05, 4.69) is 5.32 Å². The fourth-order valence-electron chi connectivity index (χ4n) is 3.28. The summed E-state index contributed by atoms with van der Waals surface area (Å²) in [5.74, 6) is -0.271. The van der Waals surface area contributed by atoms with Gasteiger partial charge in [0.15, 0.2) is 0 Å². The minimum absolute atomic E-state index is 0.132. The standard InChI is InChI=1S/C21H26N2O4S/c1-3-20(17-7-5-4-6-8-17)22-21(24)19-15-18(10-9-16(19)2)28(25,26)23-11-13-27-14-12-23/h4-10,15,20H,3,11-14H2,1-2H3,(H,22,24). The molecule has 0 radical (unpaired) electrons. The number of carbonyl (C=O) groups is 1. The fraction of sp³-hybridized carbons (Fsp3) is 0.381. The Balaban J connectivity index is 1.85. The normalized spacial score (nSPS) is 16.5. The van der Waals surface area contributed by atoms with Gasteiger partial charge in [-0.1, -0.05) is 43.3 Å². The molecule has 1 amide bonds. The van der Waals surface area contributed by atoms with E-state index < -0.39 is 10.0 Å².